The van der Waals surface area contributed by atoms with Crippen LogP contribution in [0.3, 0.4) is 0 Å². The summed E-state index contributed by atoms with van der Waals surface area (Å²) in [6, 6.07) is 17.7. The molecule has 6 nitrogen and oxygen atoms in total. The zero-order valence-electron chi connectivity index (χ0n) is 19.0. The SMILES string of the molecule is CCCOc1ccc(C(=O)N/N=C/c2ccc(OCc3cccc(Cl)c3)c(Cl)c2)cc1OCC. The second kappa shape index (κ2) is 12.9. The fourth-order valence-corrected chi connectivity index (χ4v) is 3.44. The largest absolute Gasteiger partial charge is 0.490 e. The van der Waals surface area contributed by atoms with Crippen LogP contribution in [0.15, 0.2) is 65.8 Å². The van der Waals surface area contributed by atoms with Crippen molar-refractivity contribution in [1.29, 1.82) is 0 Å². The molecule has 0 atom stereocenters. The van der Waals surface area contributed by atoms with Gasteiger partial charge in [-0.25, -0.2) is 5.43 Å². The number of carbonyl (C=O) groups excluding carboxylic acids is 1. The summed E-state index contributed by atoms with van der Waals surface area (Å²) in [6.45, 7) is 5.28. The summed E-state index contributed by atoms with van der Waals surface area (Å²) < 4.78 is 17.0. The number of benzene rings is 3. The monoisotopic (exact) mass is 500 g/mol. The molecule has 34 heavy (non-hydrogen) atoms. The normalized spacial score (nSPS) is 10.8. The number of hydrogen-bond donors (Lipinski definition) is 1. The number of hydrazone groups is 1. The first-order chi connectivity index (χ1) is 16.5. The minimum atomic E-state index is -0.369. The van der Waals surface area contributed by atoms with Crippen LogP contribution in [-0.4, -0.2) is 25.3 Å². The van der Waals surface area contributed by atoms with Crippen molar-refractivity contribution >= 4 is 35.3 Å². The van der Waals surface area contributed by atoms with Crippen LogP contribution < -0.4 is 19.6 Å². The molecule has 3 rings (SSSR count). The summed E-state index contributed by atoms with van der Waals surface area (Å²) in [5.41, 5.74) is 4.57. The van der Waals surface area contributed by atoms with Gasteiger partial charge in [0.2, 0.25) is 0 Å². The van der Waals surface area contributed by atoms with Crippen LogP contribution in [0.25, 0.3) is 0 Å². The van der Waals surface area contributed by atoms with Crippen molar-refractivity contribution in [2.45, 2.75) is 26.9 Å². The Balaban J connectivity index is 1.59. The smallest absolute Gasteiger partial charge is 0.271 e. The van der Waals surface area contributed by atoms with Crippen LogP contribution in [0.2, 0.25) is 10.0 Å². The van der Waals surface area contributed by atoms with E-state index in [0.717, 1.165) is 12.0 Å². The predicted octanol–water partition coefficient (Wildman–Crippen LogP) is 6.52. The molecule has 0 unspecified atom stereocenters. The predicted molar refractivity (Wildman–Crippen MR) is 136 cm³/mol. The number of nitrogens with one attached hydrogen (secondary N) is 1. The highest BCUT2D eigenvalue weighted by molar-refractivity contribution is 6.32. The van der Waals surface area contributed by atoms with Crippen molar-refractivity contribution in [3.8, 4) is 17.2 Å². The zero-order chi connectivity index (χ0) is 24.3. The molecule has 178 valence electrons. The molecule has 0 heterocycles. The van der Waals surface area contributed by atoms with Crippen LogP contribution in [0, 0.1) is 0 Å². The highest BCUT2D eigenvalue weighted by Crippen LogP contribution is 2.29. The Hall–Kier alpha value is -3.22. The molecule has 0 aliphatic rings. The second-order valence-corrected chi connectivity index (χ2v) is 8.09. The van der Waals surface area contributed by atoms with Crippen LogP contribution in [0.5, 0.6) is 17.2 Å². The third-order valence-corrected chi connectivity index (χ3v) is 5.12. The molecule has 0 aromatic heterocycles. The topological polar surface area (TPSA) is 69.2 Å². The maximum Gasteiger partial charge on any atom is 0.271 e. The lowest BCUT2D eigenvalue weighted by molar-refractivity contribution is 0.0954. The van der Waals surface area contributed by atoms with Crippen LogP contribution in [-0.2, 0) is 6.61 Å². The summed E-state index contributed by atoms with van der Waals surface area (Å²) in [7, 11) is 0. The minimum absolute atomic E-state index is 0.343. The van der Waals surface area contributed by atoms with E-state index in [0.29, 0.717) is 58.2 Å². The summed E-state index contributed by atoms with van der Waals surface area (Å²) in [6.07, 6.45) is 2.38. The molecule has 1 amide bonds. The molecule has 0 aliphatic carbocycles. The van der Waals surface area contributed by atoms with Gasteiger partial charge < -0.3 is 14.2 Å². The van der Waals surface area contributed by atoms with Crippen molar-refractivity contribution < 1.29 is 19.0 Å². The molecular formula is C26H26Cl2N2O4. The lowest BCUT2D eigenvalue weighted by Gasteiger charge is -2.12. The van der Waals surface area contributed by atoms with E-state index in [1.165, 1.54) is 6.21 Å². The summed E-state index contributed by atoms with van der Waals surface area (Å²) in [4.78, 5) is 12.5. The van der Waals surface area contributed by atoms with Crippen LogP contribution in [0.1, 0.15) is 41.8 Å². The fraction of sp³-hybridized carbons (Fsp3) is 0.231. The van der Waals surface area contributed by atoms with Gasteiger partial charge in [-0.1, -0.05) is 42.3 Å². The second-order valence-electron chi connectivity index (χ2n) is 7.25. The van der Waals surface area contributed by atoms with E-state index in [1.807, 2.05) is 32.0 Å². The standard InChI is InChI=1S/C26H26Cl2N2O4/c1-3-12-33-24-11-9-20(15-25(24)32-4-2)26(31)30-29-16-18-8-10-23(22(28)14-18)34-17-19-6-5-7-21(27)13-19/h5-11,13-16H,3-4,12,17H2,1-2H3,(H,30,31)/b29-16+. The Morgan fingerprint density at radius 3 is 2.50 bits per heavy atom. The highest BCUT2D eigenvalue weighted by atomic mass is 35.5. The number of rotatable bonds is 11. The third kappa shape index (κ3) is 7.40. The summed E-state index contributed by atoms with van der Waals surface area (Å²) in [5, 5.41) is 5.11. The van der Waals surface area contributed by atoms with Gasteiger partial charge in [0.25, 0.3) is 5.91 Å². The average Bonchev–Trinajstić information content (AvgIpc) is 2.83. The van der Waals surface area contributed by atoms with E-state index in [4.69, 9.17) is 37.4 Å². The zero-order valence-corrected chi connectivity index (χ0v) is 20.5. The lowest BCUT2D eigenvalue weighted by atomic mass is 10.2. The van der Waals surface area contributed by atoms with E-state index in [-0.39, 0.29) is 5.91 Å². The molecule has 8 heteroatoms. The number of nitrogens with zero attached hydrogens (tertiary/aromatic N) is 1. The molecule has 0 aliphatic heterocycles. The van der Waals surface area contributed by atoms with Gasteiger partial charge in [0.05, 0.1) is 24.5 Å². The minimum Gasteiger partial charge on any atom is -0.490 e. The van der Waals surface area contributed by atoms with E-state index in [9.17, 15) is 4.79 Å². The van der Waals surface area contributed by atoms with Crippen molar-refractivity contribution in [3.05, 3.63) is 87.4 Å². The third-order valence-electron chi connectivity index (χ3n) is 4.59. The van der Waals surface area contributed by atoms with Gasteiger partial charge in [0, 0.05) is 10.6 Å². The number of hydrogen-bond acceptors (Lipinski definition) is 5. The van der Waals surface area contributed by atoms with E-state index >= 15 is 0 Å². The number of ether oxygens (including phenoxy) is 3. The van der Waals surface area contributed by atoms with Gasteiger partial charge >= 0.3 is 0 Å². The van der Waals surface area contributed by atoms with Crippen LogP contribution in [0.4, 0.5) is 0 Å². The van der Waals surface area contributed by atoms with E-state index in [2.05, 4.69) is 10.5 Å². The molecule has 3 aromatic rings. The quantitative estimate of drug-likeness (QED) is 0.240. The molecule has 1 N–H and O–H groups in total. The van der Waals surface area contributed by atoms with Crippen molar-refractivity contribution in [1.82, 2.24) is 5.43 Å². The molecular weight excluding hydrogens is 475 g/mol. The Kier molecular flexibility index (Phi) is 9.62. The molecule has 3 aromatic carbocycles. The number of halogens is 2. The molecule has 0 saturated heterocycles. The van der Waals surface area contributed by atoms with Crippen LogP contribution >= 0.6 is 23.2 Å². The Morgan fingerprint density at radius 2 is 1.76 bits per heavy atom. The van der Waals surface area contributed by atoms with E-state index < -0.39 is 0 Å². The summed E-state index contributed by atoms with van der Waals surface area (Å²) in [5.74, 6) is 1.30. The molecule has 0 bridgehead atoms. The van der Waals surface area contributed by atoms with Gasteiger partial charge in [-0.05, 0) is 73.0 Å². The number of carbonyl (C=O) groups is 1. The molecule has 0 fully saturated rings. The molecule has 0 spiro atoms. The Labute approximate surface area is 209 Å². The van der Waals surface area contributed by atoms with Crippen molar-refractivity contribution in [2.24, 2.45) is 5.10 Å². The lowest BCUT2D eigenvalue weighted by Crippen LogP contribution is -2.17. The first-order valence-electron chi connectivity index (χ1n) is 10.9. The van der Waals surface area contributed by atoms with E-state index in [1.54, 1.807) is 42.5 Å². The Bertz CT molecular complexity index is 1150. The maximum atomic E-state index is 12.5. The molecule has 0 saturated carbocycles. The fourth-order valence-electron chi connectivity index (χ4n) is 2.98. The van der Waals surface area contributed by atoms with Gasteiger partial charge in [-0.3, -0.25) is 4.79 Å². The Morgan fingerprint density at radius 1 is 0.941 bits per heavy atom. The first-order valence-corrected chi connectivity index (χ1v) is 11.7. The van der Waals surface area contributed by atoms with Gasteiger partial charge in [-0.2, -0.15) is 5.10 Å². The first kappa shape index (κ1) is 25.4. The van der Waals surface area contributed by atoms with Gasteiger partial charge in [0.1, 0.15) is 12.4 Å². The van der Waals surface area contributed by atoms with Crippen molar-refractivity contribution in [3.63, 3.8) is 0 Å². The highest BCUT2D eigenvalue weighted by Gasteiger charge is 2.11. The maximum absolute atomic E-state index is 12.5. The van der Waals surface area contributed by atoms with Gasteiger partial charge in [-0.15, -0.1) is 0 Å². The number of amides is 1. The van der Waals surface area contributed by atoms with Gasteiger partial charge in [0.15, 0.2) is 11.5 Å². The average molecular weight is 501 g/mol. The van der Waals surface area contributed by atoms with Crippen molar-refractivity contribution in [2.75, 3.05) is 13.2 Å². The molecule has 0 radical (unpaired) electrons. The summed E-state index contributed by atoms with van der Waals surface area (Å²) >= 11 is 12.3.